The summed E-state index contributed by atoms with van der Waals surface area (Å²) in [6.07, 6.45) is 13.0. The van der Waals surface area contributed by atoms with Gasteiger partial charge in [0, 0.05) is 11.8 Å². The first-order valence-electron chi connectivity index (χ1n) is 21.9. The first-order valence-corrected chi connectivity index (χ1v) is 21.9. The van der Waals surface area contributed by atoms with E-state index in [1.54, 1.807) is 0 Å². The van der Waals surface area contributed by atoms with Crippen LogP contribution >= 0.6 is 0 Å². The molecule has 296 valence electrons. The summed E-state index contributed by atoms with van der Waals surface area (Å²) in [6, 6.07) is 10.7. The maximum atomic E-state index is 14.0. The maximum absolute atomic E-state index is 14.0. The summed E-state index contributed by atoms with van der Waals surface area (Å²) in [5, 5.41) is 3.52. The normalized spacial score (nSPS) is 42.8. The highest BCUT2D eigenvalue weighted by Gasteiger charge is 2.70. The lowest BCUT2D eigenvalue weighted by Gasteiger charge is -2.72. The minimum absolute atomic E-state index is 0.0225. The van der Waals surface area contributed by atoms with Crippen molar-refractivity contribution < 1.29 is 19.1 Å². The van der Waals surface area contributed by atoms with Crippen molar-refractivity contribution >= 4 is 17.7 Å². The standard InChI is InChI=1S/C48H70N2O4/c1-29(2)38-34(51)28-48(50-41(53)47(49)20-13-21-47)25-24-45(8)32(39(38)48)16-17-36-44(7)22-19-37(43(5,6)35(44)18-23-46(36,45)9)54-40(52)33-27-31(42(33,3)4)26-30-14-11-10-12-15-30/h10-12,14-15,29,31-33,35-37H,13,16-28,49H2,1-9H3,(H,50,53)/t31-,32-,33-,35+,36-,37+,44+,45-,46-,48-/m1/s1. The molecule has 0 unspecified atom stereocenters. The summed E-state index contributed by atoms with van der Waals surface area (Å²) in [6.45, 7) is 21.4. The van der Waals surface area contributed by atoms with Gasteiger partial charge in [0.15, 0.2) is 5.78 Å². The Kier molecular flexibility index (Phi) is 8.90. The summed E-state index contributed by atoms with van der Waals surface area (Å²) in [7, 11) is 0. The lowest BCUT2D eigenvalue weighted by atomic mass is 9.33. The number of amides is 1. The zero-order valence-corrected chi connectivity index (χ0v) is 35.0. The highest BCUT2D eigenvalue weighted by molar-refractivity contribution is 6.02. The van der Waals surface area contributed by atoms with Gasteiger partial charge in [-0.2, -0.15) is 0 Å². The van der Waals surface area contributed by atoms with E-state index in [9.17, 15) is 14.4 Å². The molecule has 6 heteroatoms. The molecule has 0 spiro atoms. The summed E-state index contributed by atoms with van der Waals surface area (Å²) < 4.78 is 6.66. The second kappa shape index (κ2) is 12.5. The van der Waals surface area contributed by atoms with Crippen molar-refractivity contribution in [2.45, 2.75) is 169 Å². The molecular weight excluding hydrogens is 669 g/mol. The lowest BCUT2D eigenvalue weighted by Crippen LogP contribution is -2.69. The molecule has 1 aromatic carbocycles. The Bertz CT molecular complexity index is 1740. The zero-order chi connectivity index (χ0) is 38.9. The molecule has 0 bridgehead atoms. The van der Waals surface area contributed by atoms with E-state index >= 15 is 0 Å². The van der Waals surface area contributed by atoms with Gasteiger partial charge in [0.1, 0.15) is 6.10 Å². The highest BCUT2D eigenvalue weighted by atomic mass is 16.5. The van der Waals surface area contributed by atoms with Crippen molar-refractivity contribution in [1.82, 2.24) is 5.32 Å². The highest BCUT2D eigenvalue weighted by Crippen LogP contribution is 2.76. The average molecular weight is 739 g/mol. The summed E-state index contributed by atoms with van der Waals surface area (Å²) in [5.74, 6) is 2.08. The molecule has 1 aromatic rings. The fraction of sp³-hybridized carbons (Fsp3) is 0.771. The Hall–Kier alpha value is -2.47. The van der Waals surface area contributed by atoms with E-state index in [0.717, 1.165) is 89.0 Å². The van der Waals surface area contributed by atoms with Crippen LogP contribution in [-0.4, -0.2) is 34.8 Å². The van der Waals surface area contributed by atoms with Gasteiger partial charge in [-0.3, -0.25) is 14.4 Å². The van der Waals surface area contributed by atoms with E-state index in [-0.39, 0.29) is 68.6 Å². The first kappa shape index (κ1) is 38.4. The number of carbonyl (C=O) groups is 3. The van der Waals surface area contributed by atoms with Crippen LogP contribution < -0.4 is 11.1 Å². The molecule has 0 saturated heterocycles. The minimum Gasteiger partial charge on any atom is -0.462 e. The summed E-state index contributed by atoms with van der Waals surface area (Å²) in [5.41, 5.74) is 8.92. The van der Waals surface area contributed by atoms with Gasteiger partial charge in [-0.25, -0.2) is 0 Å². The van der Waals surface area contributed by atoms with Gasteiger partial charge in [0.2, 0.25) is 5.91 Å². The molecule has 6 saturated carbocycles. The molecule has 7 aliphatic rings. The Morgan fingerprint density at radius 3 is 2.17 bits per heavy atom. The number of rotatable bonds is 7. The number of Topliss-reactive ketones (excluding diaryl/α,β-unsaturated/α-hetero) is 1. The fourth-order valence-electron chi connectivity index (χ4n) is 14.9. The molecule has 7 aliphatic carbocycles. The number of esters is 1. The number of hydrogen-bond donors (Lipinski definition) is 2. The van der Waals surface area contributed by atoms with Crippen molar-refractivity contribution in [3.8, 4) is 0 Å². The van der Waals surface area contributed by atoms with Crippen LogP contribution in [0.4, 0.5) is 0 Å². The lowest BCUT2D eigenvalue weighted by molar-refractivity contribution is -0.235. The van der Waals surface area contributed by atoms with Crippen LogP contribution in [0.2, 0.25) is 0 Å². The van der Waals surface area contributed by atoms with E-state index in [1.807, 2.05) is 0 Å². The third-order valence-corrected chi connectivity index (χ3v) is 18.8. The molecule has 54 heavy (non-hydrogen) atoms. The summed E-state index contributed by atoms with van der Waals surface area (Å²) in [4.78, 5) is 41.8. The molecule has 0 aromatic heterocycles. The van der Waals surface area contributed by atoms with Crippen LogP contribution in [0.25, 0.3) is 0 Å². The van der Waals surface area contributed by atoms with Gasteiger partial charge < -0.3 is 15.8 Å². The van der Waals surface area contributed by atoms with E-state index in [2.05, 4.69) is 98.0 Å². The molecule has 1 amide bonds. The van der Waals surface area contributed by atoms with E-state index < -0.39 is 11.1 Å². The van der Waals surface area contributed by atoms with Crippen LogP contribution in [0, 0.1) is 62.6 Å². The van der Waals surface area contributed by atoms with Gasteiger partial charge in [-0.1, -0.05) is 92.6 Å². The van der Waals surface area contributed by atoms with Crippen molar-refractivity contribution in [3.05, 3.63) is 47.0 Å². The largest absolute Gasteiger partial charge is 0.462 e. The van der Waals surface area contributed by atoms with E-state index in [4.69, 9.17) is 10.5 Å². The van der Waals surface area contributed by atoms with Gasteiger partial charge >= 0.3 is 5.97 Å². The molecule has 6 nitrogen and oxygen atoms in total. The van der Waals surface area contributed by atoms with Crippen LogP contribution in [-0.2, 0) is 25.5 Å². The first-order chi connectivity index (χ1) is 25.2. The Labute approximate surface area is 326 Å². The minimum atomic E-state index is -0.792. The van der Waals surface area contributed by atoms with E-state index in [1.165, 1.54) is 11.1 Å². The van der Waals surface area contributed by atoms with Crippen molar-refractivity contribution in [1.29, 1.82) is 0 Å². The zero-order valence-electron chi connectivity index (χ0n) is 35.0. The smallest absolute Gasteiger partial charge is 0.309 e. The third-order valence-electron chi connectivity index (χ3n) is 18.8. The second-order valence-electron chi connectivity index (χ2n) is 22.0. The number of carbonyl (C=O) groups excluding carboxylic acids is 3. The third kappa shape index (κ3) is 5.29. The quantitative estimate of drug-likeness (QED) is 0.272. The van der Waals surface area contributed by atoms with Crippen molar-refractivity contribution in [2.24, 2.45) is 68.3 Å². The van der Waals surface area contributed by atoms with Crippen LogP contribution in [0.15, 0.2) is 41.5 Å². The Morgan fingerprint density at radius 1 is 0.833 bits per heavy atom. The molecular formula is C48H70N2O4. The molecule has 0 radical (unpaired) electrons. The predicted molar refractivity (Wildman–Crippen MR) is 214 cm³/mol. The number of ketones is 1. The van der Waals surface area contributed by atoms with Crippen molar-refractivity contribution in [2.75, 3.05) is 0 Å². The number of fused-ring (bicyclic) bond motifs is 7. The van der Waals surface area contributed by atoms with Crippen molar-refractivity contribution in [3.63, 3.8) is 0 Å². The average Bonchev–Trinajstić information content (AvgIpc) is 3.39. The number of hydrogen-bond acceptors (Lipinski definition) is 5. The number of nitrogens with two attached hydrogens (primary N) is 1. The SMILES string of the molecule is CC(C)C1=C2[C@H]3CC[C@@H]4[C@@]5(C)CC[C@H](OC(=O)[C@H]6C[C@@H](Cc7ccccc7)C6(C)C)C(C)(C)[C@@H]5CC[C@@]4(C)[C@]3(C)CC[C@@]2(NC(=O)C2(N)CCC2)CC1=O. The topological polar surface area (TPSA) is 98.5 Å². The van der Waals surface area contributed by atoms with Gasteiger partial charge in [0.05, 0.1) is 17.0 Å². The number of allylic oxidation sites excluding steroid dienone is 1. The molecule has 0 aliphatic heterocycles. The number of benzene rings is 1. The Morgan fingerprint density at radius 2 is 1.54 bits per heavy atom. The second-order valence-corrected chi connectivity index (χ2v) is 22.0. The number of ether oxygens (including phenoxy) is 1. The molecule has 8 rings (SSSR count). The molecule has 0 heterocycles. The molecule has 3 N–H and O–H groups in total. The van der Waals surface area contributed by atoms with Gasteiger partial charge in [0.25, 0.3) is 0 Å². The Balaban J connectivity index is 1.02. The van der Waals surface area contributed by atoms with Crippen LogP contribution in [0.3, 0.4) is 0 Å². The van der Waals surface area contributed by atoms with Crippen LogP contribution in [0.1, 0.15) is 151 Å². The molecule has 6 fully saturated rings. The summed E-state index contributed by atoms with van der Waals surface area (Å²) >= 11 is 0. The number of nitrogens with one attached hydrogen (secondary N) is 1. The fourth-order valence-corrected chi connectivity index (χ4v) is 14.9. The van der Waals surface area contributed by atoms with Gasteiger partial charge in [-0.05, 0) is 151 Å². The monoisotopic (exact) mass is 739 g/mol. The predicted octanol–water partition coefficient (Wildman–Crippen LogP) is 9.53. The van der Waals surface area contributed by atoms with Crippen LogP contribution in [0.5, 0.6) is 0 Å². The van der Waals surface area contributed by atoms with E-state index in [0.29, 0.717) is 24.2 Å². The maximum Gasteiger partial charge on any atom is 0.309 e. The van der Waals surface area contributed by atoms with Gasteiger partial charge in [-0.15, -0.1) is 0 Å². The molecule has 10 atom stereocenters.